The molecule has 2 heterocycles. The smallest absolute Gasteiger partial charge is 0.305 e. The maximum atomic E-state index is 11.6. The first-order valence-electron chi connectivity index (χ1n) is 12.4. The van der Waals surface area contributed by atoms with E-state index in [4.69, 9.17) is 26.1 Å². The third kappa shape index (κ3) is 6.84. The van der Waals surface area contributed by atoms with Gasteiger partial charge >= 0.3 is 5.97 Å². The first-order chi connectivity index (χ1) is 16.9. The van der Waals surface area contributed by atoms with Gasteiger partial charge in [-0.05, 0) is 87.5 Å². The lowest BCUT2D eigenvalue weighted by atomic mass is 10.0. The monoisotopic (exact) mass is 512 g/mol. The van der Waals surface area contributed by atoms with Crippen LogP contribution in [0.2, 0.25) is 5.02 Å². The third-order valence-corrected chi connectivity index (χ3v) is 7.48. The number of halogens is 1. The minimum absolute atomic E-state index is 0.0817. The zero-order valence-corrected chi connectivity index (χ0v) is 22.3. The summed E-state index contributed by atoms with van der Waals surface area (Å²) in [5.74, 6) is 0.607. The van der Waals surface area contributed by atoms with Crippen molar-refractivity contribution in [3.63, 3.8) is 0 Å². The molecule has 0 spiro atoms. The third-order valence-electron chi connectivity index (χ3n) is 6.09. The summed E-state index contributed by atoms with van der Waals surface area (Å²) in [5.41, 5.74) is 5.00. The van der Waals surface area contributed by atoms with Crippen LogP contribution >= 0.6 is 22.9 Å². The van der Waals surface area contributed by atoms with Gasteiger partial charge in [-0.15, -0.1) is 11.3 Å². The zero-order chi connectivity index (χ0) is 24.8. The quantitative estimate of drug-likeness (QED) is 0.300. The van der Waals surface area contributed by atoms with Gasteiger partial charge in [0.2, 0.25) is 0 Å². The predicted octanol–water partition coefficient (Wildman–Crippen LogP) is 6.66. The first kappa shape index (κ1) is 25.7. The van der Waals surface area contributed by atoms with Crippen molar-refractivity contribution in [3.05, 3.63) is 58.7 Å². The van der Waals surface area contributed by atoms with E-state index in [1.54, 1.807) is 11.3 Å². The summed E-state index contributed by atoms with van der Waals surface area (Å²) >= 11 is 8.12. The fraction of sp³-hybridized carbons (Fsp3) is 0.429. The number of fused-ring (bicyclic) bond motifs is 1. The lowest BCUT2D eigenvalue weighted by Crippen LogP contribution is -2.28. The number of nitrogens with zero attached hydrogens (tertiary/aromatic N) is 2. The van der Waals surface area contributed by atoms with E-state index in [2.05, 4.69) is 23.1 Å². The van der Waals surface area contributed by atoms with E-state index in [-0.39, 0.29) is 12.1 Å². The highest BCUT2D eigenvalue weighted by Gasteiger charge is 2.16. The number of thiazole rings is 1. The number of esters is 1. The lowest BCUT2D eigenvalue weighted by Gasteiger charge is -2.19. The van der Waals surface area contributed by atoms with Gasteiger partial charge in [0.15, 0.2) is 0 Å². The fourth-order valence-electron chi connectivity index (χ4n) is 4.35. The second-order valence-electron chi connectivity index (χ2n) is 9.08. The maximum absolute atomic E-state index is 11.6. The Bertz CT molecular complexity index is 1160. The van der Waals surface area contributed by atoms with Crippen molar-refractivity contribution in [1.29, 1.82) is 0 Å². The summed E-state index contributed by atoms with van der Waals surface area (Å²) in [5, 5.41) is 1.62. The fourth-order valence-corrected chi connectivity index (χ4v) is 5.49. The molecule has 1 aliphatic rings. The second-order valence-corrected chi connectivity index (χ2v) is 10.5. The van der Waals surface area contributed by atoms with Gasteiger partial charge in [0.25, 0.3) is 0 Å². The molecule has 0 saturated carbocycles. The molecule has 0 radical (unpaired) electrons. The number of hydrogen-bond donors (Lipinski definition) is 0. The van der Waals surface area contributed by atoms with Crippen molar-refractivity contribution in [2.24, 2.45) is 0 Å². The van der Waals surface area contributed by atoms with Gasteiger partial charge in [-0.25, -0.2) is 4.98 Å². The van der Waals surface area contributed by atoms with Crippen LogP contribution in [0.1, 0.15) is 44.7 Å². The summed E-state index contributed by atoms with van der Waals surface area (Å²) in [6.45, 7) is 9.24. The summed E-state index contributed by atoms with van der Waals surface area (Å²) in [6.07, 6.45) is 5.38. The molecule has 186 valence electrons. The average Bonchev–Trinajstić information content (AvgIpc) is 3.23. The van der Waals surface area contributed by atoms with Crippen molar-refractivity contribution in [2.75, 3.05) is 26.2 Å². The van der Waals surface area contributed by atoms with E-state index in [9.17, 15) is 4.79 Å². The molecule has 0 bridgehead atoms. The molecule has 7 heteroatoms. The van der Waals surface area contributed by atoms with Gasteiger partial charge in [0.1, 0.15) is 10.8 Å². The Morgan fingerprint density at radius 1 is 1.11 bits per heavy atom. The van der Waals surface area contributed by atoms with Gasteiger partial charge in [-0.3, -0.25) is 4.79 Å². The van der Waals surface area contributed by atoms with E-state index in [1.165, 1.54) is 11.1 Å². The van der Waals surface area contributed by atoms with Crippen LogP contribution in [0.3, 0.4) is 0 Å². The van der Waals surface area contributed by atoms with E-state index in [0.717, 1.165) is 59.9 Å². The molecule has 0 amide bonds. The van der Waals surface area contributed by atoms with Gasteiger partial charge in [0.05, 0.1) is 22.6 Å². The molecule has 0 saturated heterocycles. The molecule has 2 aromatic carbocycles. The van der Waals surface area contributed by atoms with Crippen molar-refractivity contribution >= 4 is 28.9 Å². The molecule has 0 N–H and O–H groups in total. The van der Waals surface area contributed by atoms with Crippen LogP contribution in [-0.2, 0) is 22.4 Å². The van der Waals surface area contributed by atoms with Crippen LogP contribution in [0.25, 0.3) is 21.0 Å². The number of hydrogen-bond acceptors (Lipinski definition) is 6. The molecule has 4 rings (SSSR count). The van der Waals surface area contributed by atoms with E-state index in [0.29, 0.717) is 23.8 Å². The molecular weight excluding hydrogens is 480 g/mol. The summed E-state index contributed by atoms with van der Waals surface area (Å²) in [6, 6.07) is 12.6. The van der Waals surface area contributed by atoms with Crippen LogP contribution < -0.4 is 4.74 Å². The predicted molar refractivity (Wildman–Crippen MR) is 143 cm³/mol. The summed E-state index contributed by atoms with van der Waals surface area (Å²) < 4.78 is 10.8. The highest BCUT2D eigenvalue weighted by atomic mass is 35.5. The Morgan fingerprint density at radius 2 is 1.89 bits per heavy atom. The Hall–Kier alpha value is -2.41. The van der Waals surface area contributed by atoms with Crippen LogP contribution in [0.15, 0.2) is 42.6 Å². The normalized spacial score (nSPS) is 14.0. The molecule has 1 aliphatic heterocycles. The number of aromatic nitrogens is 1. The van der Waals surface area contributed by atoms with Crippen LogP contribution in [0, 0.1) is 0 Å². The van der Waals surface area contributed by atoms with E-state index in [1.807, 2.05) is 45.2 Å². The molecule has 1 aromatic heterocycles. The van der Waals surface area contributed by atoms with E-state index >= 15 is 0 Å². The largest absolute Gasteiger partial charge is 0.489 e. The molecule has 0 unspecified atom stereocenters. The van der Waals surface area contributed by atoms with Crippen molar-refractivity contribution in [3.8, 4) is 26.8 Å². The standard InChI is InChI=1S/C28H33ClN2O3S/c1-4-33-27(32)6-5-13-31-14-11-20-7-8-23(16-21(20)12-15-31)28-30-18-26(35-28)22-9-10-25(24(29)17-22)34-19(2)3/h7-10,16-19H,4-6,11-15H2,1-3H3. The molecule has 0 fully saturated rings. The number of carbonyl (C=O) groups is 1. The van der Waals surface area contributed by atoms with Crippen LogP contribution in [0.4, 0.5) is 0 Å². The molecular formula is C28H33ClN2O3S. The molecule has 0 atom stereocenters. The topological polar surface area (TPSA) is 51.7 Å². The van der Waals surface area contributed by atoms with Crippen molar-refractivity contribution < 1.29 is 14.3 Å². The number of rotatable bonds is 9. The first-order valence-corrected chi connectivity index (χ1v) is 13.5. The van der Waals surface area contributed by atoms with Gasteiger partial charge in [0, 0.05) is 31.3 Å². The Kier molecular flexibility index (Phi) is 8.82. The maximum Gasteiger partial charge on any atom is 0.305 e. The highest BCUT2D eigenvalue weighted by Crippen LogP contribution is 2.36. The average molecular weight is 513 g/mol. The minimum Gasteiger partial charge on any atom is -0.489 e. The van der Waals surface area contributed by atoms with Gasteiger partial charge in [-0.1, -0.05) is 23.7 Å². The summed E-state index contributed by atoms with van der Waals surface area (Å²) in [4.78, 5) is 19.9. The molecule has 3 aromatic rings. The van der Waals surface area contributed by atoms with E-state index < -0.39 is 0 Å². The van der Waals surface area contributed by atoms with Crippen molar-refractivity contribution in [1.82, 2.24) is 9.88 Å². The highest BCUT2D eigenvalue weighted by molar-refractivity contribution is 7.18. The summed E-state index contributed by atoms with van der Waals surface area (Å²) in [7, 11) is 0. The zero-order valence-electron chi connectivity index (χ0n) is 20.7. The molecule has 35 heavy (non-hydrogen) atoms. The number of ether oxygens (including phenoxy) is 2. The molecule has 0 aliphatic carbocycles. The number of carbonyl (C=O) groups excluding carboxylic acids is 1. The van der Waals surface area contributed by atoms with Gasteiger partial charge in [-0.2, -0.15) is 0 Å². The van der Waals surface area contributed by atoms with Crippen LogP contribution in [-0.4, -0.2) is 48.2 Å². The van der Waals surface area contributed by atoms with Crippen molar-refractivity contribution in [2.45, 2.75) is 52.6 Å². The lowest BCUT2D eigenvalue weighted by molar-refractivity contribution is -0.143. The van der Waals surface area contributed by atoms with Gasteiger partial charge < -0.3 is 14.4 Å². The minimum atomic E-state index is -0.0971. The Labute approximate surface area is 217 Å². The Balaban J connectivity index is 1.41. The number of benzene rings is 2. The molecule has 5 nitrogen and oxygen atoms in total. The Morgan fingerprint density at radius 3 is 2.63 bits per heavy atom. The second kappa shape index (κ2) is 12.0. The van der Waals surface area contributed by atoms with Crippen LogP contribution in [0.5, 0.6) is 5.75 Å². The SMILES string of the molecule is CCOC(=O)CCCN1CCc2ccc(-c3ncc(-c4ccc(OC(C)C)c(Cl)c4)s3)cc2CC1.